The molecule has 0 spiro atoms. The average molecular weight is 304 g/mol. The first-order chi connectivity index (χ1) is 8.88. The number of benzene rings is 1. The standard InChI is InChI=1S/C12H14ClNO4S/c13-10-3-1-9(2-4-10)5-6-19(17,18)14-7-11(15)12(16)8-14/h1-6,11-12,15-16H,7-8H2/b6-5+. The molecule has 0 aliphatic carbocycles. The number of aliphatic hydroxyl groups is 2. The van der Waals surface area contributed by atoms with Crippen LogP contribution in [0.3, 0.4) is 0 Å². The molecule has 1 aliphatic rings. The van der Waals surface area contributed by atoms with Crippen LogP contribution in [0.4, 0.5) is 0 Å². The van der Waals surface area contributed by atoms with Gasteiger partial charge in [-0.25, -0.2) is 8.42 Å². The molecular weight excluding hydrogens is 290 g/mol. The van der Waals surface area contributed by atoms with Gasteiger partial charge in [-0.2, -0.15) is 4.31 Å². The van der Waals surface area contributed by atoms with Crippen molar-refractivity contribution in [1.82, 2.24) is 4.31 Å². The molecule has 2 rings (SSSR count). The SMILES string of the molecule is O=S(=O)(/C=C/c1ccc(Cl)cc1)N1CC(O)C(O)C1. The summed E-state index contributed by atoms with van der Waals surface area (Å²) in [6, 6.07) is 6.72. The fourth-order valence-electron chi connectivity index (χ4n) is 1.77. The Kier molecular flexibility index (Phi) is 4.27. The van der Waals surface area contributed by atoms with Crippen LogP contribution in [0, 0.1) is 0 Å². The highest BCUT2D eigenvalue weighted by atomic mass is 35.5. The van der Waals surface area contributed by atoms with Gasteiger partial charge in [0, 0.05) is 23.5 Å². The molecule has 1 fully saturated rings. The summed E-state index contributed by atoms with van der Waals surface area (Å²) in [5.41, 5.74) is 0.702. The summed E-state index contributed by atoms with van der Waals surface area (Å²) in [6.07, 6.45) is -0.611. The van der Waals surface area contributed by atoms with Gasteiger partial charge in [-0.05, 0) is 23.8 Å². The predicted octanol–water partition coefficient (Wildman–Crippen LogP) is 0.678. The molecule has 2 unspecified atom stereocenters. The molecule has 2 N–H and O–H groups in total. The van der Waals surface area contributed by atoms with E-state index in [-0.39, 0.29) is 13.1 Å². The Morgan fingerprint density at radius 2 is 1.68 bits per heavy atom. The van der Waals surface area contributed by atoms with Crippen LogP contribution >= 0.6 is 11.6 Å². The second-order valence-electron chi connectivity index (χ2n) is 4.35. The van der Waals surface area contributed by atoms with Crippen molar-refractivity contribution in [1.29, 1.82) is 0 Å². The van der Waals surface area contributed by atoms with Crippen LogP contribution in [0.2, 0.25) is 5.02 Å². The molecule has 0 bridgehead atoms. The summed E-state index contributed by atoms with van der Waals surface area (Å²) < 4.78 is 25.0. The molecule has 7 heteroatoms. The van der Waals surface area contributed by atoms with Gasteiger partial charge in [0.05, 0.1) is 12.2 Å². The third kappa shape index (κ3) is 3.55. The molecular formula is C12H14ClNO4S. The number of rotatable bonds is 3. The Balaban J connectivity index is 2.11. The fourth-order valence-corrected chi connectivity index (χ4v) is 3.12. The summed E-state index contributed by atoms with van der Waals surface area (Å²) in [5, 5.41) is 20.3. The van der Waals surface area contributed by atoms with Gasteiger partial charge >= 0.3 is 0 Å². The third-order valence-electron chi connectivity index (χ3n) is 2.89. The van der Waals surface area contributed by atoms with E-state index in [9.17, 15) is 18.6 Å². The van der Waals surface area contributed by atoms with Crippen LogP contribution in [0.5, 0.6) is 0 Å². The maximum Gasteiger partial charge on any atom is 0.236 e. The summed E-state index contributed by atoms with van der Waals surface area (Å²) in [5.74, 6) is 0. The topological polar surface area (TPSA) is 77.8 Å². The van der Waals surface area contributed by atoms with Gasteiger partial charge in [0.25, 0.3) is 0 Å². The van der Waals surface area contributed by atoms with Crippen LogP contribution in [0.1, 0.15) is 5.56 Å². The van der Waals surface area contributed by atoms with Crippen molar-refractivity contribution in [3.05, 3.63) is 40.3 Å². The van der Waals surface area contributed by atoms with E-state index >= 15 is 0 Å². The Hall–Kier alpha value is -0.920. The van der Waals surface area contributed by atoms with Gasteiger partial charge in [-0.1, -0.05) is 23.7 Å². The monoisotopic (exact) mass is 303 g/mol. The van der Waals surface area contributed by atoms with Crippen LogP contribution in [0.25, 0.3) is 6.08 Å². The van der Waals surface area contributed by atoms with Gasteiger partial charge in [0.1, 0.15) is 0 Å². The zero-order chi connectivity index (χ0) is 14.0. The fraction of sp³-hybridized carbons (Fsp3) is 0.333. The van der Waals surface area contributed by atoms with E-state index in [1.54, 1.807) is 24.3 Å². The summed E-state index contributed by atoms with van der Waals surface area (Å²) in [4.78, 5) is 0. The quantitative estimate of drug-likeness (QED) is 0.861. The molecule has 0 radical (unpaired) electrons. The van der Waals surface area contributed by atoms with Crippen molar-refractivity contribution in [2.45, 2.75) is 12.2 Å². The molecule has 5 nitrogen and oxygen atoms in total. The summed E-state index contributed by atoms with van der Waals surface area (Å²) >= 11 is 5.73. The summed E-state index contributed by atoms with van der Waals surface area (Å²) in [7, 11) is -3.63. The lowest BCUT2D eigenvalue weighted by molar-refractivity contribution is 0.0572. The second-order valence-corrected chi connectivity index (χ2v) is 6.61. The van der Waals surface area contributed by atoms with Gasteiger partial charge in [-0.3, -0.25) is 0 Å². The van der Waals surface area contributed by atoms with E-state index in [1.807, 2.05) is 0 Å². The normalized spacial score (nSPS) is 25.2. The largest absolute Gasteiger partial charge is 0.389 e. The smallest absolute Gasteiger partial charge is 0.236 e. The molecule has 104 valence electrons. The Morgan fingerprint density at radius 1 is 1.16 bits per heavy atom. The highest BCUT2D eigenvalue weighted by molar-refractivity contribution is 7.92. The van der Waals surface area contributed by atoms with Crippen molar-refractivity contribution in [2.75, 3.05) is 13.1 Å². The van der Waals surface area contributed by atoms with Gasteiger partial charge < -0.3 is 10.2 Å². The van der Waals surface area contributed by atoms with Crippen molar-refractivity contribution in [3.63, 3.8) is 0 Å². The van der Waals surface area contributed by atoms with E-state index in [0.717, 1.165) is 9.71 Å². The first-order valence-electron chi connectivity index (χ1n) is 5.68. The number of nitrogens with zero attached hydrogens (tertiary/aromatic N) is 1. The predicted molar refractivity (Wildman–Crippen MR) is 73.0 cm³/mol. The molecule has 0 amide bonds. The Labute approximate surface area is 116 Å². The molecule has 1 aromatic rings. The first-order valence-corrected chi connectivity index (χ1v) is 7.56. The van der Waals surface area contributed by atoms with E-state index in [1.165, 1.54) is 6.08 Å². The molecule has 0 saturated carbocycles. The molecule has 19 heavy (non-hydrogen) atoms. The van der Waals surface area contributed by atoms with E-state index in [2.05, 4.69) is 0 Å². The summed E-state index contributed by atoms with van der Waals surface area (Å²) in [6.45, 7) is -0.178. The molecule has 1 heterocycles. The van der Waals surface area contributed by atoms with Crippen LogP contribution < -0.4 is 0 Å². The lowest BCUT2D eigenvalue weighted by Crippen LogP contribution is -2.28. The number of hydrogen-bond donors (Lipinski definition) is 2. The minimum atomic E-state index is -3.63. The molecule has 0 aromatic heterocycles. The number of sulfonamides is 1. The van der Waals surface area contributed by atoms with E-state index in [4.69, 9.17) is 11.6 Å². The zero-order valence-electron chi connectivity index (χ0n) is 9.98. The van der Waals surface area contributed by atoms with Crippen molar-refractivity contribution >= 4 is 27.7 Å². The van der Waals surface area contributed by atoms with E-state index < -0.39 is 22.2 Å². The molecule has 1 aromatic carbocycles. The lowest BCUT2D eigenvalue weighted by Gasteiger charge is -2.11. The third-order valence-corrected chi connectivity index (χ3v) is 4.64. The van der Waals surface area contributed by atoms with Crippen LogP contribution in [-0.2, 0) is 10.0 Å². The van der Waals surface area contributed by atoms with Crippen LogP contribution in [0.15, 0.2) is 29.7 Å². The first kappa shape index (κ1) is 14.5. The van der Waals surface area contributed by atoms with Crippen molar-refractivity contribution in [3.8, 4) is 0 Å². The second kappa shape index (κ2) is 5.60. The number of halogens is 1. The highest BCUT2D eigenvalue weighted by Crippen LogP contribution is 2.17. The van der Waals surface area contributed by atoms with E-state index in [0.29, 0.717) is 10.6 Å². The van der Waals surface area contributed by atoms with Gasteiger partial charge in [-0.15, -0.1) is 0 Å². The van der Waals surface area contributed by atoms with Crippen molar-refractivity contribution in [2.24, 2.45) is 0 Å². The average Bonchev–Trinajstić information content (AvgIpc) is 2.70. The lowest BCUT2D eigenvalue weighted by atomic mass is 10.2. The zero-order valence-corrected chi connectivity index (χ0v) is 11.5. The molecule has 1 aliphatic heterocycles. The maximum absolute atomic E-state index is 12.0. The maximum atomic E-state index is 12.0. The molecule has 2 atom stereocenters. The number of β-amino-alcohol motifs (C(OH)–C–C–N with tert-alkyl or cyclic N) is 2. The number of aliphatic hydroxyl groups excluding tert-OH is 2. The van der Waals surface area contributed by atoms with Gasteiger partial charge in [0.2, 0.25) is 10.0 Å². The number of hydrogen-bond acceptors (Lipinski definition) is 4. The van der Waals surface area contributed by atoms with Crippen molar-refractivity contribution < 1.29 is 18.6 Å². The van der Waals surface area contributed by atoms with Crippen LogP contribution in [-0.4, -0.2) is 48.2 Å². The minimum Gasteiger partial charge on any atom is -0.389 e. The minimum absolute atomic E-state index is 0.0888. The van der Waals surface area contributed by atoms with Gasteiger partial charge in [0.15, 0.2) is 0 Å². The molecule has 1 saturated heterocycles. The Bertz CT molecular complexity index is 560. The highest BCUT2D eigenvalue weighted by Gasteiger charge is 2.35. The Morgan fingerprint density at radius 3 is 2.21 bits per heavy atom.